The van der Waals surface area contributed by atoms with Crippen molar-refractivity contribution in [2.75, 3.05) is 0 Å². The van der Waals surface area contributed by atoms with Crippen molar-refractivity contribution >= 4 is 38.9 Å². The molecule has 2 aromatic rings. The van der Waals surface area contributed by atoms with Crippen LogP contribution in [0.3, 0.4) is 0 Å². The number of thiophene rings is 1. The molecule has 0 aliphatic rings. The summed E-state index contributed by atoms with van der Waals surface area (Å²) < 4.78 is 12.9. The molecule has 0 nitrogen and oxygen atoms in total. The Morgan fingerprint density at radius 2 is 2.13 bits per heavy atom. The van der Waals surface area contributed by atoms with E-state index in [2.05, 4.69) is 15.9 Å². The smallest absolute Gasteiger partial charge is 0.124 e. The second-order valence-corrected chi connectivity index (χ2v) is 5.35. The molecule has 0 N–H and O–H groups in total. The van der Waals surface area contributed by atoms with Crippen molar-refractivity contribution in [3.63, 3.8) is 0 Å². The van der Waals surface area contributed by atoms with Crippen LogP contribution in [-0.2, 0) is 0 Å². The van der Waals surface area contributed by atoms with Gasteiger partial charge in [-0.05, 0) is 29.1 Å². The zero-order valence-electron chi connectivity index (χ0n) is 7.58. The van der Waals surface area contributed by atoms with Gasteiger partial charge in [0.25, 0.3) is 0 Å². The molecule has 2 rings (SSSR count). The quantitative estimate of drug-likeness (QED) is 0.683. The minimum atomic E-state index is -0.311. The first-order valence-corrected chi connectivity index (χ1v) is 6.48. The largest absolute Gasteiger partial charge is 0.207 e. The van der Waals surface area contributed by atoms with Crippen molar-refractivity contribution in [2.45, 2.75) is 4.83 Å². The Labute approximate surface area is 105 Å². The first-order valence-electron chi connectivity index (χ1n) is 4.31. The molecule has 78 valence electrons. The Hall–Kier alpha value is -0.380. The van der Waals surface area contributed by atoms with Gasteiger partial charge in [0.15, 0.2) is 0 Å². The number of rotatable bonds is 2. The first kappa shape index (κ1) is 11.1. The summed E-state index contributed by atoms with van der Waals surface area (Å²) in [6.45, 7) is 0. The van der Waals surface area contributed by atoms with Crippen LogP contribution < -0.4 is 0 Å². The van der Waals surface area contributed by atoms with E-state index in [1.165, 1.54) is 12.1 Å². The Morgan fingerprint density at radius 3 is 2.73 bits per heavy atom. The molecular formula is C11H7BrClFS. The van der Waals surface area contributed by atoms with E-state index in [4.69, 9.17) is 11.6 Å². The summed E-state index contributed by atoms with van der Waals surface area (Å²) in [5.41, 5.74) is 0.889. The lowest BCUT2D eigenvalue weighted by Gasteiger charge is -2.09. The molecule has 0 radical (unpaired) electrons. The molecule has 0 aliphatic carbocycles. The van der Waals surface area contributed by atoms with Gasteiger partial charge in [-0.25, -0.2) is 4.39 Å². The lowest BCUT2D eigenvalue weighted by molar-refractivity contribution is 0.627. The predicted molar refractivity (Wildman–Crippen MR) is 66.5 cm³/mol. The summed E-state index contributed by atoms with van der Waals surface area (Å²) in [4.78, 5) is 1.19. The number of halogens is 3. The van der Waals surface area contributed by atoms with Crippen molar-refractivity contribution < 1.29 is 4.39 Å². The van der Waals surface area contributed by atoms with Crippen molar-refractivity contribution in [3.8, 4) is 0 Å². The maximum absolute atomic E-state index is 12.9. The molecule has 15 heavy (non-hydrogen) atoms. The van der Waals surface area contributed by atoms with Gasteiger partial charge in [-0.1, -0.05) is 39.7 Å². The fourth-order valence-corrected chi connectivity index (χ4v) is 3.30. The van der Waals surface area contributed by atoms with Crippen LogP contribution >= 0.6 is 38.9 Å². The Bertz CT molecular complexity index is 456. The van der Waals surface area contributed by atoms with Gasteiger partial charge in [0.05, 0.1) is 4.83 Å². The molecule has 0 aliphatic heterocycles. The van der Waals surface area contributed by atoms with E-state index in [0.717, 1.165) is 10.4 Å². The summed E-state index contributed by atoms with van der Waals surface area (Å²) in [6, 6.07) is 8.45. The molecule has 1 atom stereocenters. The normalized spacial score (nSPS) is 12.7. The standard InChI is InChI=1S/C11H7BrClFS/c12-11(10-2-1-5-15-10)8-4-3-7(14)6-9(8)13/h1-6,11H. The fourth-order valence-electron chi connectivity index (χ4n) is 1.30. The second-order valence-electron chi connectivity index (χ2n) is 3.04. The van der Waals surface area contributed by atoms with Gasteiger partial charge in [-0.2, -0.15) is 0 Å². The van der Waals surface area contributed by atoms with Crippen LogP contribution in [0.2, 0.25) is 5.02 Å². The minimum absolute atomic E-state index is 0.0330. The van der Waals surface area contributed by atoms with Gasteiger partial charge >= 0.3 is 0 Å². The Morgan fingerprint density at radius 1 is 1.33 bits per heavy atom. The predicted octanol–water partition coefficient (Wildman–Crippen LogP) is 5.02. The molecule has 0 saturated carbocycles. The number of hydrogen-bond donors (Lipinski definition) is 0. The van der Waals surface area contributed by atoms with E-state index in [-0.39, 0.29) is 10.6 Å². The number of alkyl halides is 1. The van der Waals surface area contributed by atoms with Crippen LogP contribution in [0.15, 0.2) is 35.7 Å². The molecular weight excluding hydrogens is 299 g/mol. The van der Waals surface area contributed by atoms with Crippen LogP contribution in [0.1, 0.15) is 15.3 Å². The minimum Gasteiger partial charge on any atom is -0.207 e. The summed E-state index contributed by atoms with van der Waals surface area (Å²) in [7, 11) is 0. The highest BCUT2D eigenvalue weighted by Crippen LogP contribution is 2.37. The maximum Gasteiger partial charge on any atom is 0.124 e. The van der Waals surface area contributed by atoms with Crippen molar-refractivity contribution in [1.29, 1.82) is 0 Å². The molecule has 0 amide bonds. The third-order valence-electron chi connectivity index (χ3n) is 2.03. The summed E-state index contributed by atoms with van der Waals surface area (Å²) in [5.74, 6) is -0.311. The van der Waals surface area contributed by atoms with Crippen LogP contribution in [0, 0.1) is 5.82 Å². The topological polar surface area (TPSA) is 0 Å². The SMILES string of the molecule is Fc1ccc(C(Br)c2cccs2)c(Cl)c1. The molecule has 0 saturated heterocycles. The van der Waals surface area contributed by atoms with Crippen molar-refractivity contribution in [1.82, 2.24) is 0 Å². The van der Waals surface area contributed by atoms with Gasteiger partial charge in [0, 0.05) is 9.90 Å². The van der Waals surface area contributed by atoms with E-state index >= 15 is 0 Å². The Kier molecular flexibility index (Phi) is 3.44. The van der Waals surface area contributed by atoms with Crippen LogP contribution in [0.5, 0.6) is 0 Å². The maximum atomic E-state index is 12.9. The van der Waals surface area contributed by atoms with E-state index in [1.807, 2.05) is 17.5 Å². The zero-order chi connectivity index (χ0) is 10.8. The summed E-state index contributed by atoms with van der Waals surface area (Å²) in [5, 5.41) is 2.45. The third-order valence-corrected chi connectivity index (χ3v) is 4.58. The van der Waals surface area contributed by atoms with E-state index in [0.29, 0.717) is 5.02 Å². The molecule has 0 bridgehead atoms. The average molecular weight is 306 g/mol. The van der Waals surface area contributed by atoms with Crippen LogP contribution in [0.25, 0.3) is 0 Å². The molecule has 1 unspecified atom stereocenters. The molecule has 1 aromatic carbocycles. The van der Waals surface area contributed by atoms with Crippen LogP contribution in [-0.4, -0.2) is 0 Å². The van der Waals surface area contributed by atoms with Gasteiger partial charge in [0.2, 0.25) is 0 Å². The fraction of sp³-hybridized carbons (Fsp3) is 0.0909. The van der Waals surface area contributed by atoms with Gasteiger partial charge < -0.3 is 0 Å². The third kappa shape index (κ3) is 2.41. The molecule has 0 spiro atoms. The Balaban J connectivity index is 2.38. The second kappa shape index (κ2) is 4.64. The van der Waals surface area contributed by atoms with Gasteiger partial charge in [-0.3, -0.25) is 0 Å². The van der Waals surface area contributed by atoms with E-state index < -0.39 is 0 Å². The van der Waals surface area contributed by atoms with E-state index in [1.54, 1.807) is 17.4 Å². The van der Waals surface area contributed by atoms with Crippen molar-refractivity contribution in [3.05, 3.63) is 57.0 Å². The molecule has 1 aromatic heterocycles. The molecule has 4 heteroatoms. The zero-order valence-corrected chi connectivity index (χ0v) is 10.7. The first-order chi connectivity index (χ1) is 7.18. The highest BCUT2D eigenvalue weighted by molar-refractivity contribution is 9.09. The summed E-state index contributed by atoms with van der Waals surface area (Å²) in [6.07, 6.45) is 0. The lowest BCUT2D eigenvalue weighted by atomic mass is 10.1. The number of benzene rings is 1. The molecule has 0 fully saturated rings. The van der Waals surface area contributed by atoms with E-state index in [9.17, 15) is 4.39 Å². The molecule has 1 heterocycles. The van der Waals surface area contributed by atoms with Crippen molar-refractivity contribution in [2.24, 2.45) is 0 Å². The average Bonchev–Trinajstić information content (AvgIpc) is 2.69. The highest BCUT2D eigenvalue weighted by atomic mass is 79.9. The van der Waals surface area contributed by atoms with Gasteiger partial charge in [-0.15, -0.1) is 11.3 Å². The summed E-state index contributed by atoms with van der Waals surface area (Å²) >= 11 is 11.2. The van der Waals surface area contributed by atoms with Gasteiger partial charge in [0.1, 0.15) is 5.82 Å². The monoisotopic (exact) mass is 304 g/mol. The van der Waals surface area contributed by atoms with Crippen LogP contribution in [0.4, 0.5) is 4.39 Å². The number of hydrogen-bond acceptors (Lipinski definition) is 1. The lowest BCUT2D eigenvalue weighted by Crippen LogP contribution is -1.91. The highest BCUT2D eigenvalue weighted by Gasteiger charge is 2.14.